The molecule has 0 bridgehead atoms. The van der Waals surface area contributed by atoms with Gasteiger partial charge in [0.1, 0.15) is 0 Å². The Hall–Kier alpha value is 0.383. The number of methoxy groups -OCH3 is 1. The summed E-state index contributed by atoms with van der Waals surface area (Å²) < 4.78 is 4.21. The number of hydrogen-bond acceptors (Lipinski definition) is 2. The van der Waals surface area contributed by atoms with Gasteiger partial charge in [-0.05, 0) is 0 Å². The minimum absolute atomic E-state index is 0. The number of carbonyl (C=O) groups excluding carboxylic acids is 1. The van der Waals surface area contributed by atoms with E-state index >= 15 is 0 Å². The van der Waals surface area contributed by atoms with Crippen LogP contribution < -0.4 is 24.0 Å². The maximum absolute atomic E-state index is 10.1. The van der Waals surface area contributed by atoms with Gasteiger partial charge in [0.05, 0.1) is 7.11 Å². The van der Waals surface area contributed by atoms with Crippen LogP contribution in [0, 0.1) is 18.8 Å². The molecule has 52 valence electrons. The average Bonchev–Trinajstić information content (AvgIpc) is 1.83. The zero-order chi connectivity index (χ0) is 6.41. The first-order valence-electron chi connectivity index (χ1n) is 2.17. The molecular formula is C6H7IO2Zn. The molecule has 0 aliphatic carbocycles. The molecular weight excluding hydrogens is 296 g/mol. The zero-order valence-corrected chi connectivity index (χ0v) is 10.9. The van der Waals surface area contributed by atoms with Gasteiger partial charge in [0.2, 0.25) is 0 Å². The Morgan fingerprint density at radius 1 is 1.70 bits per heavy atom. The van der Waals surface area contributed by atoms with Gasteiger partial charge in [0, 0.05) is 5.92 Å². The van der Waals surface area contributed by atoms with Gasteiger partial charge >= 0.3 is 25.4 Å². The van der Waals surface area contributed by atoms with E-state index in [9.17, 15) is 4.79 Å². The van der Waals surface area contributed by atoms with Crippen molar-refractivity contribution in [1.82, 2.24) is 0 Å². The number of ether oxygens (including phenoxy) is 1. The molecule has 0 aliphatic rings. The Morgan fingerprint density at radius 2 is 2.20 bits per heavy atom. The number of carbonyl (C=O) groups is 1. The van der Waals surface area contributed by atoms with Crippen LogP contribution in [0.2, 0.25) is 0 Å². The minimum atomic E-state index is -0.506. The van der Waals surface area contributed by atoms with Crippen molar-refractivity contribution in [3.05, 3.63) is 6.92 Å². The molecule has 2 nitrogen and oxygen atoms in total. The number of halogens is 1. The molecule has 0 aliphatic heterocycles. The van der Waals surface area contributed by atoms with Gasteiger partial charge in [-0.25, -0.2) is 4.79 Å². The Morgan fingerprint density at radius 3 is 2.50 bits per heavy atom. The number of hydrogen-bond donors (Lipinski definition) is 0. The van der Waals surface area contributed by atoms with Gasteiger partial charge in [-0.3, -0.25) is 0 Å². The van der Waals surface area contributed by atoms with Gasteiger partial charge in [0.15, 0.2) is 0 Å². The van der Waals surface area contributed by atoms with E-state index in [1.54, 1.807) is 0 Å². The van der Waals surface area contributed by atoms with Crippen molar-refractivity contribution >= 4 is 5.97 Å². The molecule has 0 rings (SSSR count). The fourth-order valence-electron chi connectivity index (χ4n) is 0.186. The third-order valence-corrected chi connectivity index (χ3v) is 0.501. The molecule has 0 fully saturated rings. The molecule has 0 N–H and O–H groups in total. The SMILES string of the molecule is [CH2-]CC#CC(=O)OC.[I-].[Zn+2]. The van der Waals surface area contributed by atoms with Gasteiger partial charge < -0.3 is 35.6 Å². The molecule has 0 heterocycles. The predicted octanol–water partition coefficient (Wildman–Crippen LogP) is -2.61. The summed E-state index contributed by atoms with van der Waals surface area (Å²) in [5.74, 6) is 4.17. The third kappa shape index (κ3) is 11.2. The van der Waals surface area contributed by atoms with Crippen LogP contribution in [0.1, 0.15) is 6.42 Å². The molecule has 0 unspecified atom stereocenters. The Bertz CT molecular complexity index is 136. The second-order valence-corrected chi connectivity index (χ2v) is 1.04. The van der Waals surface area contributed by atoms with E-state index in [2.05, 4.69) is 23.5 Å². The Balaban J connectivity index is -0.000000245. The molecule has 0 aromatic rings. The second-order valence-electron chi connectivity index (χ2n) is 1.04. The molecule has 0 amide bonds. The van der Waals surface area contributed by atoms with Crippen molar-refractivity contribution in [1.29, 1.82) is 0 Å². The molecule has 0 atom stereocenters. The van der Waals surface area contributed by atoms with Crippen molar-refractivity contribution in [2.75, 3.05) is 7.11 Å². The van der Waals surface area contributed by atoms with Crippen LogP contribution in [-0.4, -0.2) is 13.1 Å². The maximum Gasteiger partial charge on any atom is 2.00 e. The summed E-state index contributed by atoms with van der Waals surface area (Å²) in [5.41, 5.74) is 0. The first-order chi connectivity index (χ1) is 3.81. The minimum Gasteiger partial charge on any atom is -1.00 e. The van der Waals surface area contributed by atoms with Crippen molar-refractivity contribution in [3.63, 3.8) is 0 Å². The summed E-state index contributed by atoms with van der Waals surface area (Å²) >= 11 is 0. The van der Waals surface area contributed by atoms with Gasteiger partial charge in [-0.15, -0.1) is 12.3 Å². The molecule has 10 heavy (non-hydrogen) atoms. The van der Waals surface area contributed by atoms with Crippen molar-refractivity contribution in [2.45, 2.75) is 6.42 Å². The standard InChI is InChI=1S/C6H7O2.HI.Zn/c1-3-4-5-6(7)8-2;;/h1,3H2,2H3;1H;/q-1;;+2/p-1. The summed E-state index contributed by atoms with van der Waals surface area (Å²) in [6, 6.07) is 0. The normalized spacial score (nSPS) is 5.40. The van der Waals surface area contributed by atoms with Crippen LogP contribution >= 0.6 is 0 Å². The van der Waals surface area contributed by atoms with E-state index in [1.807, 2.05) is 0 Å². The first-order valence-corrected chi connectivity index (χ1v) is 2.17. The van der Waals surface area contributed by atoms with Gasteiger partial charge in [-0.1, -0.05) is 0 Å². The number of esters is 1. The van der Waals surface area contributed by atoms with Crippen LogP contribution in [0.15, 0.2) is 0 Å². The molecule has 4 heteroatoms. The second kappa shape index (κ2) is 12.1. The monoisotopic (exact) mass is 302 g/mol. The van der Waals surface area contributed by atoms with Crippen LogP contribution in [0.3, 0.4) is 0 Å². The topological polar surface area (TPSA) is 26.3 Å². The van der Waals surface area contributed by atoms with Gasteiger partial charge in [-0.2, -0.15) is 0 Å². The van der Waals surface area contributed by atoms with Crippen LogP contribution in [0.5, 0.6) is 0 Å². The Labute approximate surface area is 90.9 Å². The third-order valence-electron chi connectivity index (χ3n) is 0.501. The van der Waals surface area contributed by atoms with E-state index in [0.717, 1.165) is 0 Å². The van der Waals surface area contributed by atoms with Crippen molar-refractivity contribution < 1.29 is 53.0 Å². The largest absolute Gasteiger partial charge is 2.00 e. The van der Waals surface area contributed by atoms with E-state index in [-0.39, 0.29) is 43.5 Å². The molecule has 0 saturated carbocycles. The molecule has 0 radical (unpaired) electrons. The van der Waals surface area contributed by atoms with Gasteiger partial charge in [0.25, 0.3) is 0 Å². The Kier molecular flexibility index (Phi) is 20.3. The maximum atomic E-state index is 10.1. The van der Waals surface area contributed by atoms with Crippen molar-refractivity contribution in [3.8, 4) is 11.8 Å². The molecule has 0 aromatic carbocycles. The fraction of sp³-hybridized carbons (Fsp3) is 0.333. The molecule has 0 saturated heterocycles. The summed E-state index contributed by atoms with van der Waals surface area (Å²) in [4.78, 5) is 10.1. The first kappa shape index (κ1) is 16.8. The quantitative estimate of drug-likeness (QED) is 0.122. The smallest absolute Gasteiger partial charge is 1.00 e. The van der Waals surface area contributed by atoms with E-state index in [0.29, 0.717) is 6.42 Å². The summed E-state index contributed by atoms with van der Waals surface area (Å²) in [6.45, 7) is 3.41. The average molecular weight is 303 g/mol. The number of rotatable bonds is 0. The zero-order valence-electron chi connectivity index (χ0n) is 5.82. The van der Waals surface area contributed by atoms with E-state index in [1.165, 1.54) is 7.11 Å². The predicted molar refractivity (Wildman–Crippen MR) is 29.8 cm³/mol. The fourth-order valence-corrected chi connectivity index (χ4v) is 0.186. The van der Waals surface area contributed by atoms with Crippen molar-refractivity contribution in [2.24, 2.45) is 0 Å². The summed E-state index contributed by atoms with van der Waals surface area (Å²) in [5, 5.41) is 0. The van der Waals surface area contributed by atoms with E-state index in [4.69, 9.17) is 0 Å². The molecule has 0 spiro atoms. The summed E-state index contributed by atoms with van der Waals surface area (Å²) in [7, 11) is 1.29. The van der Waals surface area contributed by atoms with Crippen LogP contribution in [-0.2, 0) is 29.0 Å². The molecule has 0 aromatic heterocycles. The van der Waals surface area contributed by atoms with Crippen LogP contribution in [0.4, 0.5) is 0 Å². The summed E-state index contributed by atoms with van der Waals surface area (Å²) in [6.07, 6.45) is 0.440. The van der Waals surface area contributed by atoms with E-state index < -0.39 is 5.97 Å². The van der Waals surface area contributed by atoms with Crippen LogP contribution in [0.25, 0.3) is 0 Å².